The number of hydrogen-bond acceptors (Lipinski definition) is 3. The van der Waals surface area contributed by atoms with Crippen LogP contribution < -0.4 is 14.8 Å². The first-order valence-corrected chi connectivity index (χ1v) is 8.37. The molecule has 2 rings (SSSR count). The minimum atomic E-state index is 0.633. The molecule has 0 fully saturated rings. The summed E-state index contributed by atoms with van der Waals surface area (Å²) < 4.78 is 11.1. The highest BCUT2D eigenvalue weighted by Crippen LogP contribution is 2.30. The molecule has 0 bridgehead atoms. The quantitative estimate of drug-likeness (QED) is 0.601. The first-order valence-electron chi connectivity index (χ1n) is 8.37. The Kier molecular flexibility index (Phi) is 9.57. The van der Waals surface area contributed by atoms with Gasteiger partial charge < -0.3 is 14.8 Å². The molecule has 0 unspecified atom stereocenters. The standard InChI is InChI=1S/C18H23NO2.C2H6/c1-3-5-16(6-4-2)14-19-10-9-15-7-8-17-18(13-15)21-12-11-20-17;1-2/h3-8,13,19H,1,9-12,14H2,2H3;1-2H3/b6-4-,16-5+;. The van der Waals surface area contributed by atoms with E-state index in [9.17, 15) is 0 Å². The smallest absolute Gasteiger partial charge is 0.161 e. The third-order valence-electron chi connectivity index (χ3n) is 3.24. The van der Waals surface area contributed by atoms with Gasteiger partial charge in [-0.25, -0.2) is 0 Å². The first-order chi connectivity index (χ1) is 11.3. The molecule has 0 atom stereocenters. The van der Waals surface area contributed by atoms with Crippen molar-refractivity contribution in [3.8, 4) is 11.5 Å². The summed E-state index contributed by atoms with van der Waals surface area (Å²) in [6, 6.07) is 6.16. The Bertz CT molecular complexity index is 532. The molecule has 23 heavy (non-hydrogen) atoms. The van der Waals surface area contributed by atoms with Gasteiger partial charge in [0, 0.05) is 6.54 Å². The molecule has 3 heteroatoms. The molecule has 0 radical (unpaired) electrons. The summed E-state index contributed by atoms with van der Waals surface area (Å²) >= 11 is 0. The van der Waals surface area contributed by atoms with E-state index in [2.05, 4.69) is 30.1 Å². The Morgan fingerprint density at radius 1 is 1.22 bits per heavy atom. The van der Waals surface area contributed by atoms with Crippen LogP contribution >= 0.6 is 0 Å². The zero-order valence-electron chi connectivity index (χ0n) is 14.6. The van der Waals surface area contributed by atoms with E-state index in [1.807, 2.05) is 45.1 Å². The van der Waals surface area contributed by atoms with E-state index in [1.165, 1.54) is 11.1 Å². The maximum atomic E-state index is 5.60. The van der Waals surface area contributed by atoms with Gasteiger partial charge in [-0.2, -0.15) is 0 Å². The van der Waals surface area contributed by atoms with Crippen molar-refractivity contribution in [3.05, 3.63) is 60.2 Å². The number of ether oxygens (including phenoxy) is 2. The number of nitrogens with one attached hydrogen (secondary N) is 1. The molecule has 3 nitrogen and oxygen atoms in total. The average Bonchev–Trinajstić information content (AvgIpc) is 2.60. The lowest BCUT2D eigenvalue weighted by molar-refractivity contribution is 0.171. The predicted octanol–water partition coefficient (Wildman–Crippen LogP) is 4.30. The van der Waals surface area contributed by atoms with Crippen LogP contribution in [-0.2, 0) is 6.42 Å². The van der Waals surface area contributed by atoms with Crippen LogP contribution in [0.5, 0.6) is 11.5 Å². The van der Waals surface area contributed by atoms with Gasteiger partial charge in [0.2, 0.25) is 0 Å². The molecule has 0 amide bonds. The van der Waals surface area contributed by atoms with Crippen LogP contribution in [0.3, 0.4) is 0 Å². The maximum Gasteiger partial charge on any atom is 0.161 e. The van der Waals surface area contributed by atoms with Crippen LogP contribution in [-0.4, -0.2) is 26.3 Å². The zero-order valence-corrected chi connectivity index (χ0v) is 14.6. The molecule has 126 valence electrons. The summed E-state index contributed by atoms with van der Waals surface area (Å²) in [7, 11) is 0. The van der Waals surface area contributed by atoms with Gasteiger partial charge in [-0.3, -0.25) is 0 Å². The van der Waals surface area contributed by atoms with E-state index in [1.54, 1.807) is 0 Å². The number of hydrogen-bond donors (Lipinski definition) is 1. The average molecular weight is 315 g/mol. The molecule has 1 aromatic carbocycles. The summed E-state index contributed by atoms with van der Waals surface area (Å²) in [5.74, 6) is 1.71. The van der Waals surface area contributed by atoms with Gasteiger partial charge in [0.15, 0.2) is 11.5 Å². The van der Waals surface area contributed by atoms with E-state index < -0.39 is 0 Å². The van der Waals surface area contributed by atoms with E-state index >= 15 is 0 Å². The second-order valence-electron chi connectivity index (χ2n) is 4.88. The maximum absolute atomic E-state index is 5.60. The summed E-state index contributed by atoms with van der Waals surface area (Å²) in [6.45, 7) is 12.8. The number of rotatable bonds is 7. The lowest BCUT2D eigenvalue weighted by Gasteiger charge is -2.18. The van der Waals surface area contributed by atoms with Crippen LogP contribution in [0.25, 0.3) is 0 Å². The first kappa shape index (κ1) is 19.0. The van der Waals surface area contributed by atoms with E-state index in [4.69, 9.17) is 9.47 Å². The fourth-order valence-electron chi connectivity index (χ4n) is 2.25. The largest absolute Gasteiger partial charge is 0.486 e. The second kappa shape index (κ2) is 11.6. The molecule has 0 saturated carbocycles. The second-order valence-corrected chi connectivity index (χ2v) is 4.88. The predicted molar refractivity (Wildman–Crippen MR) is 98.4 cm³/mol. The third-order valence-corrected chi connectivity index (χ3v) is 3.24. The lowest BCUT2D eigenvalue weighted by atomic mass is 10.1. The Morgan fingerprint density at radius 2 is 1.96 bits per heavy atom. The summed E-state index contributed by atoms with van der Waals surface area (Å²) in [5, 5.41) is 3.44. The monoisotopic (exact) mass is 315 g/mol. The molecule has 1 aliphatic rings. The molecule has 0 saturated heterocycles. The van der Waals surface area contributed by atoms with Crippen LogP contribution in [0, 0.1) is 0 Å². The molecule has 0 spiro atoms. The number of allylic oxidation sites excluding steroid dienone is 3. The molecular weight excluding hydrogens is 286 g/mol. The molecule has 0 aromatic heterocycles. The SMILES string of the molecule is C=C/C=C(\C=C/C)CNCCc1ccc2c(c1)OCCO2.CC. The summed E-state index contributed by atoms with van der Waals surface area (Å²) in [6.07, 6.45) is 8.94. The minimum absolute atomic E-state index is 0.633. The topological polar surface area (TPSA) is 30.5 Å². The van der Waals surface area contributed by atoms with Gasteiger partial charge in [0.05, 0.1) is 0 Å². The normalized spacial score (nSPS) is 13.4. The fourth-order valence-corrected chi connectivity index (χ4v) is 2.25. The number of benzene rings is 1. The van der Waals surface area contributed by atoms with Crippen LogP contribution in [0.15, 0.2) is 54.7 Å². The zero-order chi connectivity index (χ0) is 16.9. The molecule has 1 aromatic rings. The molecule has 1 heterocycles. The van der Waals surface area contributed by atoms with Gasteiger partial charge in [0.25, 0.3) is 0 Å². The highest BCUT2D eigenvalue weighted by Gasteiger charge is 2.11. The molecule has 1 N–H and O–H groups in total. The highest BCUT2D eigenvalue weighted by atomic mass is 16.6. The van der Waals surface area contributed by atoms with E-state index in [0.29, 0.717) is 13.2 Å². The Labute approximate surface area is 140 Å². The third kappa shape index (κ3) is 6.74. The fraction of sp³-hybridized carbons (Fsp3) is 0.400. The minimum Gasteiger partial charge on any atom is -0.486 e. The van der Waals surface area contributed by atoms with E-state index in [0.717, 1.165) is 31.0 Å². The van der Waals surface area contributed by atoms with Crippen molar-refractivity contribution in [2.75, 3.05) is 26.3 Å². The molecular formula is C20H29NO2. The summed E-state index contributed by atoms with van der Waals surface area (Å²) in [5.41, 5.74) is 2.49. The number of fused-ring (bicyclic) bond motifs is 1. The van der Waals surface area contributed by atoms with Crippen molar-refractivity contribution in [3.63, 3.8) is 0 Å². The van der Waals surface area contributed by atoms with Crippen LogP contribution in [0.4, 0.5) is 0 Å². The van der Waals surface area contributed by atoms with Crippen molar-refractivity contribution >= 4 is 0 Å². The molecule has 1 aliphatic heterocycles. The molecule has 0 aliphatic carbocycles. The van der Waals surface area contributed by atoms with Gasteiger partial charge in [0.1, 0.15) is 13.2 Å². The van der Waals surface area contributed by atoms with Gasteiger partial charge in [-0.05, 0) is 43.2 Å². The Morgan fingerprint density at radius 3 is 2.65 bits per heavy atom. The van der Waals surface area contributed by atoms with Crippen molar-refractivity contribution in [1.29, 1.82) is 0 Å². The van der Waals surface area contributed by atoms with Crippen molar-refractivity contribution in [2.45, 2.75) is 27.2 Å². The van der Waals surface area contributed by atoms with Crippen LogP contribution in [0.2, 0.25) is 0 Å². The van der Waals surface area contributed by atoms with Gasteiger partial charge in [-0.15, -0.1) is 0 Å². The van der Waals surface area contributed by atoms with Crippen molar-refractivity contribution in [1.82, 2.24) is 5.32 Å². The van der Waals surface area contributed by atoms with Gasteiger partial charge >= 0.3 is 0 Å². The summed E-state index contributed by atoms with van der Waals surface area (Å²) in [4.78, 5) is 0. The van der Waals surface area contributed by atoms with Crippen molar-refractivity contribution in [2.24, 2.45) is 0 Å². The van der Waals surface area contributed by atoms with Crippen molar-refractivity contribution < 1.29 is 9.47 Å². The van der Waals surface area contributed by atoms with Crippen LogP contribution in [0.1, 0.15) is 26.3 Å². The van der Waals surface area contributed by atoms with E-state index in [-0.39, 0.29) is 0 Å². The van der Waals surface area contributed by atoms with Gasteiger partial charge in [-0.1, -0.05) is 50.8 Å². The Balaban J connectivity index is 0.00000127. The Hall–Kier alpha value is -2.00. The highest BCUT2D eigenvalue weighted by molar-refractivity contribution is 5.43. The lowest BCUT2D eigenvalue weighted by Crippen LogP contribution is -2.20.